The van der Waals surface area contributed by atoms with Crippen LogP contribution in [0.5, 0.6) is 0 Å². The smallest absolute Gasteiger partial charge is 0.245 e. The van der Waals surface area contributed by atoms with Gasteiger partial charge in [-0.2, -0.15) is 0 Å². The molecule has 0 atom stereocenters. The molecule has 0 radical (unpaired) electrons. The molecule has 0 saturated heterocycles. The molecule has 0 aliphatic rings. The third-order valence-electron chi connectivity index (χ3n) is 3.57. The van der Waals surface area contributed by atoms with E-state index in [1.54, 1.807) is 36.4 Å². The fourth-order valence-electron chi connectivity index (χ4n) is 2.19. The highest BCUT2D eigenvalue weighted by molar-refractivity contribution is 9.10. The van der Waals surface area contributed by atoms with Gasteiger partial charge in [0.15, 0.2) is 0 Å². The number of nitrogens with zero attached hydrogens (tertiary/aromatic N) is 1. The second-order valence-corrected chi connectivity index (χ2v) is 8.88. The van der Waals surface area contributed by atoms with E-state index in [1.807, 2.05) is 13.8 Å². The van der Waals surface area contributed by atoms with Crippen LogP contribution in [0.15, 0.2) is 40.9 Å². The van der Waals surface area contributed by atoms with E-state index in [0.717, 1.165) is 26.2 Å². The molecule has 0 saturated carbocycles. The molecule has 0 aliphatic heterocycles. The predicted octanol–water partition coefficient (Wildman–Crippen LogP) is 4.12. The van der Waals surface area contributed by atoms with Gasteiger partial charge < -0.3 is 5.32 Å². The van der Waals surface area contributed by atoms with E-state index in [2.05, 4.69) is 21.2 Å². The van der Waals surface area contributed by atoms with Gasteiger partial charge in [-0.3, -0.25) is 9.10 Å². The molecule has 0 heterocycles. The molecule has 5 nitrogen and oxygen atoms in total. The van der Waals surface area contributed by atoms with Crippen LogP contribution >= 0.6 is 27.5 Å². The maximum atomic E-state index is 12.3. The van der Waals surface area contributed by atoms with Crippen LogP contribution in [0.1, 0.15) is 11.1 Å². The molecule has 0 aromatic heterocycles. The summed E-state index contributed by atoms with van der Waals surface area (Å²) in [4.78, 5) is 12.3. The van der Waals surface area contributed by atoms with Gasteiger partial charge in [-0.15, -0.1) is 0 Å². The van der Waals surface area contributed by atoms with Crippen molar-refractivity contribution in [1.29, 1.82) is 0 Å². The number of sulfonamides is 1. The summed E-state index contributed by atoms with van der Waals surface area (Å²) in [5, 5.41) is 3.20. The maximum Gasteiger partial charge on any atom is 0.245 e. The Hall–Kier alpha value is -1.57. The Balaban J connectivity index is 2.23. The Morgan fingerprint density at radius 3 is 2.40 bits per heavy atom. The summed E-state index contributed by atoms with van der Waals surface area (Å²) in [6.07, 6.45) is 1.07. The highest BCUT2D eigenvalue weighted by atomic mass is 79.9. The second kappa shape index (κ2) is 7.76. The Morgan fingerprint density at radius 1 is 1.16 bits per heavy atom. The van der Waals surface area contributed by atoms with Crippen LogP contribution in [0.2, 0.25) is 5.02 Å². The van der Waals surface area contributed by atoms with Gasteiger partial charge in [0, 0.05) is 15.2 Å². The van der Waals surface area contributed by atoms with Crippen molar-refractivity contribution in [2.45, 2.75) is 13.8 Å². The maximum absolute atomic E-state index is 12.3. The molecular formula is C17H18BrClN2O3S. The number of amides is 1. The number of benzene rings is 2. The molecule has 2 aromatic rings. The first-order chi connectivity index (χ1) is 11.6. The number of rotatable bonds is 5. The fraction of sp³-hybridized carbons (Fsp3) is 0.235. The minimum atomic E-state index is -3.62. The average molecular weight is 446 g/mol. The van der Waals surface area contributed by atoms with E-state index in [1.165, 1.54) is 0 Å². The quantitative estimate of drug-likeness (QED) is 0.752. The van der Waals surface area contributed by atoms with Gasteiger partial charge in [-0.1, -0.05) is 33.6 Å². The van der Waals surface area contributed by atoms with Gasteiger partial charge in [0.1, 0.15) is 6.54 Å². The van der Waals surface area contributed by atoms with Gasteiger partial charge in [0.05, 0.1) is 11.9 Å². The van der Waals surface area contributed by atoms with Crippen LogP contribution < -0.4 is 9.62 Å². The minimum absolute atomic E-state index is 0.328. The van der Waals surface area contributed by atoms with Crippen LogP contribution in [0.3, 0.4) is 0 Å². The Labute approximate surface area is 161 Å². The van der Waals surface area contributed by atoms with Crippen molar-refractivity contribution < 1.29 is 13.2 Å². The number of hydrogen-bond donors (Lipinski definition) is 1. The number of anilines is 2. The molecular weight excluding hydrogens is 428 g/mol. The molecule has 1 amide bonds. The number of nitrogens with one attached hydrogen (secondary N) is 1. The van der Waals surface area contributed by atoms with Crippen molar-refractivity contribution in [1.82, 2.24) is 0 Å². The highest BCUT2D eigenvalue weighted by Gasteiger charge is 2.21. The van der Waals surface area contributed by atoms with Crippen LogP contribution in [0.25, 0.3) is 0 Å². The number of carbonyl (C=O) groups excluding carboxylic acids is 1. The third-order valence-corrected chi connectivity index (χ3v) is 6.01. The summed E-state index contributed by atoms with van der Waals surface area (Å²) in [5.41, 5.74) is 2.71. The fourth-order valence-corrected chi connectivity index (χ4v) is 3.46. The normalized spacial score (nSPS) is 11.2. The molecule has 8 heteroatoms. The van der Waals surface area contributed by atoms with Crippen molar-refractivity contribution in [3.63, 3.8) is 0 Å². The van der Waals surface area contributed by atoms with Crippen molar-refractivity contribution in [2.24, 2.45) is 0 Å². The number of aryl methyl sites for hydroxylation is 2. The first-order valence-corrected chi connectivity index (χ1v) is 10.4. The molecule has 0 bridgehead atoms. The van der Waals surface area contributed by atoms with E-state index in [9.17, 15) is 13.2 Å². The first kappa shape index (κ1) is 19.8. The van der Waals surface area contributed by atoms with Gasteiger partial charge in [0.25, 0.3) is 0 Å². The van der Waals surface area contributed by atoms with E-state index >= 15 is 0 Å². The molecule has 0 aliphatic carbocycles. The number of carbonyl (C=O) groups is 1. The highest BCUT2D eigenvalue weighted by Crippen LogP contribution is 2.25. The molecule has 0 fully saturated rings. The van der Waals surface area contributed by atoms with Crippen molar-refractivity contribution in [2.75, 3.05) is 22.4 Å². The van der Waals surface area contributed by atoms with E-state index in [-0.39, 0.29) is 6.54 Å². The van der Waals surface area contributed by atoms with E-state index < -0.39 is 15.9 Å². The SMILES string of the molecule is Cc1ccc(NC(=O)CN(c2ccc(Br)c(C)c2)S(C)(=O)=O)cc1Cl. The lowest BCUT2D eigenvalue weighted by molar-refractivity contribution is -0.114. The Kier molecular flexibility index (Phi) is 6.13. The topological polar surface area (TPSA) is 66.5 Å². The van der Waals surface area contributed by atoms with Crippen LogP contribution in [-0.2, 0) is 14.8 Å². The van der Waals surface area contributed by atoms with Gasteiger partial charge in [-0.05, 0) is 55.3 Å². The summed E-state index contributed by atoms with van der Waals surface area (Å²) >= 11 is 9.42. The molecule has 2 rings (SSSR count). The first-order valence-electron chi connectivity index (χ1n) is 7.38. The molecule has 0 spiro atoms. The summed E-state index contributed by atoms with van der Waals surface area (Å²) in [7, 11) is -3.62. The Bertz CT molecular complexity index is 916. The lowest BCUT2D eigenvalue weighted by Crippen LogP contribution is -2.37. The lowest BCUT2D eigenvalue weighted by atomic mass is 10.2. The zero-order chi connectivity index (χ0) is 18.8. The Morgan fingerprint density at radius 2 is 1.84 bits per heavy atom. The van der Waals surface area contributed by atoms with Gasteiger partial charge >= 0.3 is 0 Å². The molecule has 134 valence electrons. The summed E-state index contributed by atoms with van der Waals surface area (Å²) in [6, 6.07) is 10.2. The van der Waals surface area contributed by atoms with E-state index in [4.69, 9.17) is 11.6 Å². The lowest BCUT2D eigenvalue weighted by Gasteiger charge is -2.22. The zero-order valence-electron chi connectivity index (χ0n) is 14.0. The molecule has 0 unspecified atom stereocenters. The second-order valence-electron chi connectivity index (χ2n) is 5.72. The summed E-state index contributed by atoms with van der Waals surface area (Å²) in [5.74, 6) is -0.453. The minimum Gasteiger partial charge on any atom is -0.324 e. The standard InChI is InChI=1S/C17H18BrClN2O3S/c1-11-4-5-13(9-16(11)19)20-17(22)10-21(25(3,23)24)14-6-7-15(18)12(2)8-14/h4-9H,10H2,1-3H3,(H,20,22). The number of hydrogen-bond acceptors (Lipinski definition) is 3. The van der Waals surface area contributed by atoms with Crippen molar-refractivity contribution in [3.8, 4) is 0 Å². The van der Waals surface area contributed by atoms with Crippen LogP contribution in [0, 0.1) is 13.8 Å². The van der Waals surface area contributed by atoms with Crippen LogP contribution in [-0.4, -0.2) is 27.1 Å². The largest absolute Gasteiger partial charge is 0.324 e. The summed E-state index contributed by atoms with van der Waals surface area (Å²) in [6.45, 7) is 3.38. The van der Waals surface area contributed by atoms with Crippen LogP contribution in [0.4, 0.5) is 11.4 Å². The van der Waals surface area contributed by atoms with E-state index in [0.29, 0.717) is 16.4 Å². The third kappa shape index (κ3) is 5.20. The zero-order valence-corrected chi connectivity index (χ0v) is 17.2. The molecule has 25 heavy (non-hydrogen) atoms. The molecule has 2 aromatic carbocycles. The van der Waals surface area contributed by atoms with Crippen molar-refractivity contribution >= 4 is 54.8 Å². The van der Waals surface area contributed by atoms with Gasteiger partial charge in [0.2, 0.25) is 15.9 Å². The predicted molar refractivity (Wildman–Crippen MR) is 106 cm³/mol. The average Bonchev–Trinajstić information content (AvgIpc) is 2.50. The van der Waals surface area contributed by atoms with Gasteiger partial charge in [-0.25, -0.2) is 8.42 Å². The number of halogens is 2. The molecule has 1 N–H and O–H groups in total. The van der Waals surface area contributed by atoms with Crippen molar-refractivity contribution in [3.05, 3.63) is 57.0 Å². The monoisotopic (exact) mass is 444 g/mol. The summed E-state index contributed by atoms with van der Waals surface area (Å²) < 4.78 is 26.2.